The second kappa shape index (κ2) is 13.0. The monoisotopic (exact) mass is 594 g/mol. The van der Waals surface area contributed by atoms with E-state index in [0.717, 1.165) is 12.6 Å². The van der Waals surface area contributed by atoms with Crippen LogP contribution in [-0.2, 0) is 0 Å². The summed E-state index contributed by atoms with van der Waals surface area (Å²) in [4.78, 5) is 45.5. The number of hydrogen-bond donors (Lipinski definition) is 2. The van der Waals surface area contributed by atoms with Gasteiger partial charge in [0.15, 0.2) is 23.2 Å². The molecule has 2 fully saturated rings. The summed E-state index contributed by atoms with van der Waals surface area (Å²) in [5, 5.41) is 6.53. The van der Waals surface area contributed by atoms with Crippen molar-refractivity contribution in [3.05, 3.63) is 94.6 Å². The standard InChI is InChI=1S/C32H33F3N4O4/c1-3-39(32(42)43-21-9-7-20(33)8-10-21)27-17-36-16-24(27)23-15-22(18(2)40)29(34)30(35)28(23)31(41)19-11-13-38-26(14-19)25-6-4-5-12-37-25/h4-10,12,15,19,24,26-27,36,38H,3,11,13-14,16-17H2,1-2H3/t19?,24-,26?,27+/m0/s1. The summed E-state index contributed by atoms with van der Waals surface area (Å²) in [7, 11) is 0. The summed E-state index contributed by atoms with van der Waals surface area (Å²) >= 11 is 0. The summed E-state index contributed by atoms with van der Waals surface area (Å²) in [6.07, 6.45) is 1.69. The lowest BCUT2D eigenvalue weighted by atomic mass is 9.79. The number of ether oxygens (including phenoxy) is 1. The molecule has 0 radical (unpaired) electrons. The van der Waals surface area contributed by atoms with Crippen LogP contribution in [0.25, 0.3) is 0 Å². The van der Waals surface area contributed by atoms with Gasteiger partial charge in [-0.2, -0.15) is 0 Å². The highest BCUT2D eigenvalue weighted by Gasteiger charge is 2.41. The topological polar surface area (TPSA) is 101 Å². The molecule has 1 aromatic heterocycles. The Labute approximate surface area is 247 Å². The number of Topliss-reactive ketones (excluding diaryl/α,β-unsaturated/α-hetero) is 2. The van der Waals surface area contributed by atoms with Gasteiger partial charge >= 0.3 is 6.09 Å². The van der Waals surface area contributed by atoms with Crippen molar-refractivity contribution in [3.8, 4) is 5.75 Å². The fourth-order valence-corrected chi connectivity index (χ4v) is 6.08. The highest BCUT2D eigenvalue weighted by Crippen LogP contribution is 2.37. The summed E-state index contributed by atoms with van der Waals surface area (Å²) in [5.41, 5.74) is 0.0706. The van der Waals surface area contributed by atoms with E-state index < -0.39 is 64.1 Å². The van der Waals surface area contributed by atoms with Crippen molar-refractivity contribution in [1.29, 1.82) is 0 Å². The van der Waals surface area contributed by atoms with Crippen molar-refractivity contribution in [2.75, 3.05) is 26.2 Å². The Morgan fingerprint density at radius 1 is 1.05 bits per heavy atom. The number of carbonyl (C=O) groups is 3. The fraction of sp³-hybridized carbons (Fsp3) is 0.375. The van der Waals surface area contributed by atoms with Crippen molar-refractivity contribution >= 4 is 17.7 Å². The molecule has 226 valence electrons. The number of nitrogens with one attached hydrogen (secondary N) is 2. The quantitative estimate of drug-likeness (QED) is 0.346. The third-order valence-electron chi connectivity index (χ3n) is 8.26. The second-order valence-electron chi connectivity index (χ2n) is 10.9. The fourth-order valence-electron chi connectivity index (χ4n) is 6.08. The summed E-state index contributed by atoms with van der Waals surface area (Å²) in [6.45, 7) is 4.09. The van der Waals surface area contributed by atoms with Crippen LogP contribution in [0.4, 0.5) is 18.0 Å². The van der Waals surface area contributed by atoms with E-state index in [1.165, 1.54) is 35.2 Å². The van der Waals surface area contributed by atoms with E-state index in [4.69, 9.17) is 4.74 Å². The van der Waals surface area contributed by atoms with Gasteiger partial charge in [0.1, 0.15) is 11.6 Å². The lowest BCUT2D eigenvalue weighted by molar-refractivity contribution is 0.0868. The minimum Gasteiger partial charge on any atom is -0.410 e. The third kappa shape index (κ3) is 6.33. The van der Waals surface area contributed by atoms with Crippen molar-refractivity contribution in [2.24, 2.45) is 5.92 Å². The van der Waals surface area contributed by atoms with Gasteiger partial charge in [0.05, 0.1) is 28.9 Å². The molecule has 3 heterocycles. The zero-order valence-electron chi connectivity index (χ0n) is 23.9. The summed E-state index contributed by atoms with van der Waals surface area (Å²) in [5.74, 6) is -5.56. The Morgan fingerprint density at radius 3 is 2.49 bits per heavy atom. The maximum atomic E-state index is 15.9. The van der Waals surface area contributed by atoms with E-state index in [0.29, 0.717) is 19.4 Å². The molecule has 43 heavy (non-hydrogen) atoms. The molecule has 2 saturated heterocycles. The molecule has 2 unspecified atom stereocenters. The van der Waals surface area contributed by atoms with E-state index in [1.54, 1.807) is 19.2 Å². The molecule has 0 saturated carbocycles. The third-order valence-corrected chi connectivity index (χ3v) is 8.26. The molecule has 8 nitrogen and oxygen atoms in total. The number of pyridine rings is 1. The Kier molecular flexibility index (Phi) is 9.22. The molecule has 11 heteroatoms. The van der Waals surface area contributed by atoms with Crippen LogP contribution in [0.15, 0.2) is 54.7 Å². The Bertz CT molecular complexity index is 1500. The average Bonchev–Trinajstić information content (AvgIpc) is 3.49. The van der Waals surface area contributed by atoms with Crippen molar-refractivity contribution in [1.82, 2.24) is 20.5 Å². The lowest BCUT2D eigenvalue weighted by Gasteiger charge is -2.33. The van der Waals surface area contributed by atoms with Gasteiger partial charge in [0.25, 0.3) is 0 Å². The highest BCUT2D eigenvalue weighted by molar-refractivity contribution is 6.02. The van der Waals surface area contributed by atoms with Crippen LogP contribution < -0.4 is 15.4 Å². The molecule has 2 aliphatic rings. The van der Waals surface area contributed by atoms with Crippen LogP contribution in [0.5, 0.6) is 5.75 Å². The number of piperidine rings is 1. The number of amides is 1. The number of ketones is 2. The van der Waals surface area contributed by atoms with E-state index >= 15 is 8.78 Å². The van der Waals surface area contributed by atoms with Gasteiger partial charge in [-0.25, -0.2) is 18.0 Å². The van der Waals surface area contributed by atoms with E-state index in [2.05, 4.69) is 15.6 Å². The Hall–Kier alpha value is -4.09. The van der Waals surface area contributed by atoms with Crippen LogP contribution in [0.1, 0.15) is 70.6 Å². The van der Waals surface area contributed by atoms with Gasteiger partial charge in [0.2, 0.25) is 0 Å². The van der Waals surface area contributed by atoms with Gasteiger partial charge in [-0.1, -0.05) is 6.07 Å². The number of halogens is 3. The number of likely N-dealkylation sites (N-methyl/N-ethyl adjacent to an activating group) is 1. The predicted octanol–water partition coefficient (Wildman–Crippen LogP) is 5.20. The van der Waals surface area contributed by atoms with Crippen LogP contribution in [-0.4, -0.2) is 59.8 Å². The van der Waals surface area contributed by atoms with Crippen molar-refractivity contribution in [3.63, 3.8) is 0 Å². The molecule has 3 aromatic rings. The molecule has 4 atom stereocenters. The van der Waals surface area contributed by atoms with E-state index in [9.17, 15) is 18.8 Å². The Balaban J connectivity index is 1.50. The normalized spacial score (nSPS) is 21.8. The van der Waals surface area contributed by atoms with Crippen molar-refractivity contribution < 1.29 is 32.3 Å². The number of nitrogens with zero attached hydrogens (tertiary/aromatic N) is 2. The number of hydrogen-bond acceptors (Lipinski definition) is 7. The molecule has 2 aliphatic heterocycles. The van der Waals surface area contributed by atoms with Crippen LogP contribution in [0.3, 0.4) is 0 Å². The maximum Gasteiger partial charge on any atom is 0.415 e. The SMILES string of the molecule is CCN(C(=O)Oc1ccc(F)cc1)[C@@H]1CNC[C@H]1c1cc(C(C)=O)c(F)c(F)c1C(=O)C1CCNC(c2ccccn2)C1. The number of rotatable bonds is 8. The van der Waals surface area contributed by atoms with Gasteiger partial charge in [-0.15, -0.1) is 0 Å². The smallest absolute Gasteiger partial charge is 0.410 e. The first kappa shape index (κ1) is 30.4. The first-order valence-electron chi connectivity index (χ1n) is 14.4. The minimum absolute atomic E-state index is 0.142. The second-order valence-corrected chi connectivity index (χ2v) is 10.9. The zero-order chi connectivity index (χ0) is 30.7. The molecule has 0 aliphatic carbocycles. The Morgan fingerprint density at radius 2 is 1.81 bits per heavy atom. The van der Waals surface area contributed by atoms with Gasteiger partial charge in [0, 0.05) is 37.7 Å². The zero-order valence-corrected chi connectivity index (χ0v) is 23.9. The largest absolute Gasteiger partial charge is 0.415 e. The lowest BCUT2D eigenvalue weighted by Crippen LogP contribution is -2.45. The number of benzene rings is 2. The van der Waals surface area contributed by atoms with Crippen LogP contribution in [0, 0.1) is 23.4 Å². The average molecular weight is 595 g/mol. The molecule has 2 N–H and O–H groups in total. The summed E-state index contributed by atoms with van der Waals surface area (Å²) in [6, 6.07) is 10.9. The minimum atomic E-state index is -1.36. The van der Waals surface area contributed by atoms with Gasteiger partial charge < -0.3 is 20.3 Å². The molecule has 5 rings (SSSR count). The summed E-state index contributed by atoms with van der Waals surface area (Å²) < 4.78 is 50.0. The van der Waals surface area contributed by atoms with E-state index in [1.807, 2.05) is 12.1 Å². The van der Waals surface area contributed by atoms with Crippen molar-refractivity contribution in [2.45, 2.75) is 44.7 Å². The molecular formula is C32H33F3N4O4. The molecule has 0 spiro atoms. The number of carbonyl (C=O) groups excluding carboxylic acids is 3. The van der Waals surface area contributed by atoms with E-state index in [-0.39, 0.29) is 37.0 Å². The van der Waals surface area contributed by atoms with Gasteiger partial charge in [-0.3, -0.25) is 14.6 Å². The predicted molar refractivity (Wildman–Crippen MR) is 153 cm³/mol. The first-order valence-corrected chi connectivity index (χ1v) is 14.4. The molecule has 0 bridgehead atoms. The first-order chi connectivity index (χ1) is 20.7. The molecular weight excluding hydrogens is 561 g/mol. The van der Waals surface area contributed by atoms with Gasteiger partial charge in [-0.05, 0) is 81.3 Å². The maximum absolute atomic E-state index is 15.9. The van der Waals surface area contributed by atoms with Crippen LogP contribution >= 0.6 is 0 Å². The van der Waals surface area contributed by atoms with Crippen LogP contribution in [0.2, 0.25) is 0 Å². The highest BCUT2D eigenvalue weighted by atomic mass is 19.2. The number of aromatic nitrogens is 1. The molecule has 2 aromatic carbocycles. The molecule has 1 amide bonds.